The van der Waals surface area contributed by atoms with Crippen molar-refractivity contribution in [3.05, 3.63) is 52.6 Å². The Labute approximate surface area is 175 Å². The molecule has 160 valence electrons. The van der Waals surface area contributed by atoms with E-state index >= 15 is 0 Å². The summed E-state index contributed by atoms with van der Waals surface area (Å²) in [6, 6.07) is 6.48. The van der Waals surface area contributed by atoms with E-state index in [1.54, 1.807) is 12.1 Å². The second-order valence-electron chi connectivity index (χ2n) is 8.13. The van der Waals surface area contributed by atoms with Gasteiger partial charge in [-0.2, -0.15) is 5.10 Å². The zero-order valence-electron chi connectivity index (χ0n) is 17.3. The molecule has 1 atom stereocenters. The van der Waals surface area contributed by atoms with Crippen molar-refractivity contribution in [3.63, 3.8) is 0 Å². The highest BCUT2D eigenvalue weighted by atomic mass is 19.1. The molecule has 4 rings (SSSR count). The number of halogens is 1. The molecule has 2 aliphatic rings. The number of amides is 2. The van der Waals surface area contributed by atoms with Crippen LogP contribution in [-0.2, 0) is 31.2 Å². The van der Waals surface area contributed by atoms with Gasteiger partial charge in [0.1, 0.15) is 5.82 Å². The largest absolute Gasteiger partial charge is 0.347 e. The van der Waals surface area contributed by atoms with Gasteiger partial charge in [0.15, 0.2) is 5.69 Å². The quantitative estimate of drug-likeness (QED) is 0.755. The smallest absolute Gasteiger partial charge is 0.272 e. The van der Waals surface area contributed by atoms with E-state index in [0.29, 0.717) is 18.3 Å². The van der Waals surface area contributed by atoms with Crippen molar-refractivity contribution in [1.29, 1.82) is 0 Å². The van der Waals surface area contributed by atoms with Gasteiger partial charge in [0.2, 0.25) is 6.41 Å². The second kappa shape index (κ2) is 8.95. The Hall–Kier alpha value is -2.74. The first-order valence-corrected chi connectivity index (χ1v) is 10.6. The fraction of sp³-hybridized carbons (Fsp3) is 0.500. The van der Waals surface area contributed by atoms with E-state index in [9.17, 15) is 14.0 Å². The minimum Gasteiger partial charge on any atom is -0.347 e. The zero-order chi connectivity index (χ0) is 21.1. The number of hydrogen-bond acceptors (Lipinski definition) is 4. The number of fused-ring (bicyclic) bond motifs is 1. The van der Waals surface area contributed by atoms with Gasteiger partial charge in [0, 0.05) is 57.1 Å². The van der Waals surface area contributed by atoms with Crippen LogP contribution in [0.5, 0.6) is 0 Å². The van der Waals surface area contributed by atoms with Gasteiger partial charge in [-0.25, -0.2) is 4.39 Å². The first-order valence-electron chi connectivity index (χ1n) is 10.6. The summed E-state index contributed by atoms with van der Waals surface area (Å²) >= 11 is 0. The maximum atomic E-state index is 13.1. The summed E-state index contributed by atoms with van der Waals surface area (Å²) in [4.78, 5) is 28.3. The summed E-state index contributed by atoms with van der Waals surface area (Å²) in [6.45, 7) is 3.73. The molecule has 1 fully saturated rings. The normalized spacial score (nSPS) is 19.8. The number of benzene rings is 1. The van der Waals surface area contributed by atoms with Crippen molar-refractivity contribution in [2.45, 2.75) is 38.3 Å². The molecule has 30 heavy (non-hydrogen) atoms. The maximum absolute atomic E-state index is 13.1. The Morgan fingerprint density at radius 3 is 2.80 bits per heavy atom. The standard InChI is InChI=1S/C22H28FN5O2/c1-26-20-8-7-18(28-10-2-9-27(15-29)11-12-28)13-19(20)21(25-26)22(30)24-14-16-3-5-17(23)6-4-16/h3-6,15,18H,2,7-14H2,1H3,(H,24,30)/t18-/m0/s1. The molecule has 1 aromatic carbocycles. The Balaban J connectivity index is 1.45. The highest BCUT2D eigenvalue weighted by molar-refractivity contribution is 5.94. The third-order valence-corrected chi connectivity index (χ3v) is 6.24. The molecule has 1 aromatic heterocycles. The van der Waals surface area contributed by atoms with Crippen LogP contribution in [0.2, 0.25) is 0 Å². The summed E-state index contributed by atoms with van der Waals surface area (Å²) in [7, 11) is 1.89. The Morgan fingerprint density at radius 2 is 2.03 bits per heavy atom. The van der Waals surface area contributed by atoms with Gasteiger partial charge in [0.25, 0.3) is 5.91 Å². The first kappa shape index (κ1) is 20.5. The van der Waals surface area contributed by atoms with Crippen molar-refractivity contribution in [2.24, 2.45) is 7.05 Å². The van der Waals surface area contributed by atoms with Gasteiger partial charge in [-0.15, -0.1) is 0 Å². The molecule has 2 aromatic rings. The molecule has 0 bridgehead atoms. The number of carbonyl (C=O) groups excluding carboxylic acids is 2. The van der Waals surface area contributed by atoms with Crippen LogP contribution < -0.4 is 5.32 Å². The molecule has 1 aliphatic carbocycles. The van der Waals surface area contributed by atoms with Crippen LogP contribution in [0.4, 0.5) is 4.39 Å². The van der Waals surface area contributed by atoms with E-state index in [0.717, 1.165) is 75.1 Å². The topological polar surface area (TPSA) is 70.5 Å². The molecule has 1 aliphatic heterocycles. The number of aryl methyl sites for hydroxylation is 1. The lowest BCUT2D eigenvalue weighted by atomic mass is 9.90. The van der Waals surface area contributed by atoms with E-state index in [2.05, 4.69) is 15.3 Å². The predicted octanol–water partition coefficient (Wildman–Crippen LogP) is 1.51. The third-order valence-electron chi connectivity index (χ3n) is 6.24. The lowest BCUT2D eigenvalue weighted by molar-refractivity contribution is -0.118. The van der Waals surface area contributed by atoms with Crippen molar-refractivity contribution < 1.29 is 14.0 Å². The molecule has 1 N–H and O–H groups in total. The third kappa shape index (κ3) is 4.38. The van der Waals surface area contributed by atoms with E-state index in [-0.39, 0.29) is 11.7 Å². The maximum Gasteiger partial charge on any atom is 0.272 e. The molecular formula is C22H28FN5O2. The monoisotopic (exact) mass is 413 g/mol. The number of hydrogen-bond donors (Lipinski definition) is 1. The van der Waals surface area contributed by atoms with E-state index in [1.807, 2.05) is 16.6 Å². The van der Waals surface area contributed by atoms with Crippen molar-refractivity contribution in [3.8, 4) is 0 Å². The fourth-order valence-corrected chi connectivity index (χ4v) is 4.56. The van der Waals surface area contributed by atoms with E-state index < -0.39 is 0 Å². The Bertz CT molecular complexity index is 911. The average Bonchev–Trinajstić information content (AvgIpc) is 2.93. The van der Waals surface area contributed by atoms with Crippen molar-refractivity contribution in [2.75, 3.05) is 26.2 Å². The number of aromatic nitrogens is 2. The van der Waals surface area contributed by atoms with Crippen molar-refractivity contribution >= 4 is 12.3 Å². The highest BCUT2D eigenvalue weighted by Gasteiger charge is 2.31. The molecule has 2 heterocycles. The molecule has 0 unspecified atom stereocenters. The van der Waals surface area contributed by atoms with Gasteiger partial charge in [-0.1, -0.05) is 12.1 Å². The van der Waals surface area contributed by atoms with Gasteiger partial charge < -0.3 is 10.2 Å². The van der Waals surface area contributed by atoms with E-state index in [1.165, 1.54) is 12.1 Å². The van der Waals surface area contributed by atoms with Crippen LogP contribution in [0.25, 0.3) is 0 Å². The molecule has 2 amide bonds. The minimum atomic E-state index is -0.292. The summed E-state index contributed by atoms with van der Waals surface area (Å²) in [5, 5.41) is 7.43. The number of carbonyl (C=O) groups is 2. The van der Waals surface area contributed by atoms with Crippen LogP contribution in [0.15, 0.2) is 24.3 Å². The molecule has 8 heteroatoms. The number of rotatable bonds is 5. The summed E-state index contributed by atoms with van der Waals surface area (Å²) in [5.41, 5.74) is 3.49. The molecule has 0 spiro atoms. The Morgan fingerprint density at radius 1 is 1.23 bits per heavy atom. The summed E-state index contributed by atoms with van der Waals surface area (Å²) in [5.74, 6) is -0.487. The lowest BCUT2D eigenvalue weighted by Gasteiger charge is -2.33. The first-order chi connectivity index (χ1) is 14.5. The van der Waals surface area contributed by atoms with Crippen LogP contribution >= 0.6 is 0 Å². The van der Waals surface area contributed by atoms with Gasteiger partial charge >= 0.3 is 0 Å². The predicted molar refractivity (Wildman–Crippen MR) is 110 cm³/mol. The second-order valence-corrected chi connectivity index (χ2v) is 8.13. The van der Waals surface area contributed by atoms with Crippen molar-refractivity contribution in [1.82, 2.24) is 24.9 Å². The van der Waals surface area contributed by atoms with Crippen LogP contribution in [0.1, 0.15) is 40.2 Å². The van der Waals surface area contributed by atoms with Crippen LogP contribution in [0.3, 0.4) is 0 Å². The minimum absolute atomic E-state index is 0.195. The summed E-state index contributed by atoms with van der Waals surface area (Å²) < 4.78 is 14.9. The van der Waals surface area contributed by atoms with Gasteiger partial charge in [0.05, 0.1) is 0 Å². The highest BCUT2D eigenvalue weighted by Crippen LogP contribution is 2.27. The average molecular weight is 413 g/mol. The van der Waals surface area contributed by atoms with Gasteiger partial charge in [-0.3, -0.25) is 19.2 Å². The number of nitrogens with one attached hydrogen (secondary N) is 1. The number of nitrogens with zero attached hydrogens (tertiary/aromatic N) is 4. The SMILES string of the molecule is Cn1nc(C(=O)NCc2ccc(F)cc2)c2c1CC[C@H](N1CCCN(C=O)CC1)C2. The van der Waals surface area contributed by atoms with E-state index in [4.69, 9.17) is 0 Å². The molecule has 0 radical (unpaired) electrons. The molecule has 0 saturated carbocycles. The summed E-state index contributed by atoms with van der Waals surface area (Å²) in [6.07, 6.45) is 4.63. The Kier molecular flexibility index (Phi) is 6.13. The van der Waals surface area contributed by atoms with Crippen LogP contribution in [0, 0.1) is 5.82 Å². The lowest BCUT2D eigenvalue weighted by Crippen LogP contribution is -2.42. The fourth-order valence-electron chi connectivity index (χ4n) is 4.56. The van der Waals surface area contributed by atoms with Gasteiger partial charge in [-0.05, 0) is 43.4 Å². The molecular weight excluding hydrogens is 385 g/mol. The molecule has 7 nitrogen and oxygen atoms in total. The zero-order valence-corrected chi connectivity index (χ0v) is 17.3. The van der Waals surface area contributed by atoms with Crippen LogP contribution in [-0.4, -0.2) is 64.1 Å². The molecule has 1 saturated heterocycles.